The first-order valence-corrected chi connectivity index (χ1v) is 49.9. The van der Waals surface area contributed by atoms with E-state index < -0.39 is 228 Å². The molecule has 2 saturated heterocycles. The molecule has 0 aromatic heterocycles. The number of aromatic hydroxyl groups is 2. The molecule has 0 aliphatic carbocycles. The molecule has 0 radical (unpaired) electrons. The molecule has 145 heavy (non-hydrogen) atoms. The number of urea groups is 2. The van der Waals surface area contributed by atoms with Crippen LogP contribution in [0.3, 0.4) is 0 Å². The molecule has 0 saturated carbocycles. The number of fused-ring (bicyclic) bond motifs is 2. The van der Waals surface area contributed by atoms with Crippen molar-refractivity contribution < 1.29 is 92.0 Å². The number of carbonyl (C=O) groups excluding carboxylic acids is 15. The number of hydrogen-bond acceptors (Lipinski definition) is 27. The van der Waals surface area contributed by atoms with E-state index in [1.165, 1.54) is 48.5 Å². The maximum Gasteiger partial charge on any atom is 0.326 e. The Labute approximate surface area is 844 Å². The average Bonchev–Trinajstić information content (AvgIpc) is 1.75. The fraction of sp³-hybridized carbons (Fsp3) is 0.522. The second kappa shape index (κ2) is 63.0. The van der Waals surface area contributed by atoms with Gasteiger partial charge >= 0.3 is 18.0 Å². The van der Waals surface area contributed by atoms with Gasteiger partial charge in [-0.1, -0.05) is 88.3 Å². The quantitative estimate of drug-likeness (QED) is 0.00846. The van der Waals surface area contributed by atoms with Crippen molar-refractivity contribution in [3.05, 3.63) is 108 Å². The number of rotatable bonds is 47. The van der Waals surface area contributed by atoms with E-state index in [2.05, 4.69) is 101 Å². The number of benzene rings is 4. The largest absolute Gasteiger partial charge is 0.508 e. The van der Waals surface area contributed by atoms with Crippen LogP contribution in [-0.2, 0) is 86.4 Å². The summed E-state index contributed by atoms with van der Waals surface area (Å²) in [6.07, 6.45) is -2.72. The second-order valence-electron chi connectivity index (χ2n) is 34.6. The number of aliphatic carboxylic acids is 1. The molecule has 2 heterocycles. The normalized spacial score (nSPS) is 20.0. The summed E-state index contributed by atoms with van der Waals surface area (Å²) in [6.45, 7) is -0.524. The number of guanidine groups is 5. The fourth-order valence-corrected chi connectivity index (χ4v) is 17.8. The van der Waals surface area contributed by atoms with Crippen LogP contribution in [0, 0.1) is 27.0 Å². The molecule has 55 heteroatoms. The van der Waals surface area contributed by atoms with Crippen molar-refractivity contribution in [3.8, 4) is 11.5 Å². The minimum atomic E-state index is -1.92. The summed E-state index contributed by atoms with van der Waals surface area (Å²) in [6, 6.07) is -2.16. The van der Waals surface area contributed by atoms with Gasteiger partial charge in [0.15, 0.2) is 29.8 Å². The molecule has 53 nitrogen and oxygen atoms in total. The van der Waals surface area contributed by atoms with Crippen LogP contribution in [0.15, 0.2) is 91.0 Å². The van der Waals surface area contributed by atoms with E-state index >= 15 is 57.5 Å². The number of nitrogens with one attached hydrogen (secondary N) is 24. The van der Waals surface area contributed by atoms with E-state index in [-0.39, 0.29) is 210 Å². The van der Waals surface area contributed by atoms with Crippen molar-refractivity contribution >= 4 is 157 Å². The van der Waals surface area contributed by atoms with Crippen LogP contribution < -0.4 is 153 Å². The SMILES string of the molecule is N=C(N)NCCC[C@H](NC(=O)[C@@H]1CSSC[C@H](NC(=O)[C@H](Cc2ccc3ccccc3c2)NC(=O)[C@H](CCCNC(=N)N)NC(=O)[C@@H](N)CCCNC(=N)N)C(=O)N[C@@H](Cc2ccc(O)cc2)C(=O)N[C@@H](CCCNC(=N)N)C(=O)N[C@@H](CCCCN)C(=O)N[C@H](CCCNC(N)=O)C(=O)N2CCC[C@H]2C(=O)N[C@@H](Cc2ccc(O)cc2)C(=O)N[C@@H](CCCNC(=N)N)C(=O)N[C@@H](CCCNC(N)=O)C(=O)N1)C(=O)O. The lowest BCUT2D eigenvalue weighted by Gasteiger charge is -2.31. The third-order valence-corrected chi connectivity index (χ3v) is 25.5. The number of carboxylic acids is 1. The summed E-state index contributed by atoms with van der Waals surface area (Å²) >= 11 is 0. The van der Waals surface area contributed by atoms with Crippen LogP contribution in [0.5, 0.6) is 11.5 Å². The van der Waals surface area contributed by atoms with Crippen LogP contribution in [0.4, 0.5) is 9.59 Å². The van der Waals surface area contributed by atoms with E-state index in [0.29, 0.717) is 16.5 Å². The molecule has 4 aromatic carbocycles. The van der Waals surface area contributed by atoms with Gasteiger partial charge in [-0.25, -0.2) is 14.4 Å². The molecule has 0 unspecified atom stereocenters. The standard InChI is InChI=1S/C90H140N34O19S2/c91-34-4-3-16-57-73(130)117-62(21-10-41-111-90(104)143)82(139)124-42-12-23-69(124)81(138)121-65(45-50-27-32-55(126)33-28-50)77(134)116-60(19-8-38-108-87(99)100)72(129)114-61(20-9-40-110-89(103)142)75(132)122-67(79(136)118-63(83(140)141)22-11-39-109-88(101)102)47-144-145-48-68(80(137)120-64(44-49-25-30-54(125)31-26-49)76(133)115-59(71(128)113-57)18-7-37-107-86(97)98)123-78(135)66(46-51-24-29-52-13-1-2-14-53(52)43-51)119-74(131)58(17-6-36-106-85(95)96)112-70(127)56(92)15-5-35-105-84(93)94/h1-2,13-14,24-33,43,56-69,125-126H,3-12,15-23,34-42,44-48,91-92H2,(H,112,127)(H,113,128)(H,114,129)(H,115,133)(H,116,134)(H,117,130)(H,118,136)(H,119,131)(H,120,137)(H,121,138)(H,122,132)(H,123,135)(H,140,141)(H4,93,94,105)(H4,95,96,106)(H4,97,98,107)(H4,99,100,108)(H4,101,102,109)(H3,103,110,142)(H3,104,111,143)/t56-,57-,58-,59-,60-,61-,62+,63-,64-,65-,66-,67-,68-,69-/m0/s1. The molecular formula is C90H140N34O19S2. The highest BCUT2D eigenvalue weighted by Gasteiger charge is 2.43. The minimum Gasteiger partial charge on any atom is -0.508 e. The first-order chi connectivity index (χ1) is 69.1. The molecule has 6 rings (SSSR count). The number of phenols is 2. The van der Waals surface area contributed by atoms with Gasteiger partial charge < -0.3 is 173 Å². The van der Waals surface area contributed by atoms with Gasteiger partial charge in [-0.15, -0.1) is 0 Å². The first kappa shape index (κ1) is 119. The summed E-state index contributed by atoms with van der Waals surface area (Å²) < 4.78 is 0. The second-order valence-corrected chi connectivity index (χ2v) is 37.2. The molecule has 2 aliphatic rings. The summed E-state index contributed by atoms with van der Waals surface area (Å²) in [4.78, 5) is 238. The van der Waals surface area contributed by atoms with Gasteiger partial charge in [0.1, 0.15) is 90.0 Å². The van der Waals surface area contributed by atoms with E-state index in [1.807, 2.05) is 6.07 Å². The highest BCUT2D eigenvalue weighted by molar-refractivity contribution is 8.76. The minimum absolute atomic E-state index is 0.00495. The van der Waals surface area contributed by atoms with E-state index in [1.54, 1.807) is 36.4 Å². The number of hydrogen-bond donors (Lipinski definition) is 36. The van der Waals surface area contributed by atoms with Crippen molar-refractivity contribution in [1.82, 2.24) is 106 Å². The number of unbranched alkanes of at least 4 members (excludes halogenated alkanes) is 1. The lowest BCUT2D eigenvalue weighted by atomic mass is 10.00. The fourth-order valence-electron chi connectivity index (χ4n) is 15.5. The van der Waals surface area contributed by atoms with Crippen LogP contribution in [0.25, 0.3) is 10.8 Å². The Bertz CT molecular complexity index is 5090. The predicted octanol–water partition coefficient (Wildman–Crippen LogP) is -6.76. The van der Waals surface area contributed by atoms with Crippen molar-refractivity contribution in [1.29, 1.82) is 27.0 Å². The number of carbonyl (C=O) groups is 16. The predicted molar refractivity (Wildman–Crippen MR) is 542 cm³/mol. The van der Waals surface area contributed by atoms with Crippen molar-refractivity contribution in [2.45, 2.75) is 226 Å². The topological polar surface area (TPSA) is 919 Å². The Kier molecular flexibility index (Phi) is 51.5. The average molecular weight is 2070 g/mol. The summed E-state index contributed by atoms with van der Waals surface area (Å²) in [7, 11) is 1.44. The van der Waals surface area contributed by atoms with Gasteiger partial charge in [-0.05, 0) is 180 Å². The van der Waals surface area contributed by atoms with Crippen LogP contribution in [0.2, 0.25) is 0 Å². The van der Waals surface area contributed by atoms with Crippen molar-refractivity contribution in [2.75, 3.05) is 70.4 Å². The molecule has 0 bridgehead atoms. The molecule has 17 amide bonds. The van der Waals surface area contributed by atoms with Crippen molar-refractivity contribution in [3.63, 3.8) is 0 Å². The maximum atomic E-state index is 16.0. The molecule has 0 spiro atoms. The number of amides is 17. The first-order valence-electron chi connectivity index (χ1n) is 47.5. The molecule has 796 valence electrons. The van der Waals surface area contributed by atoms with Gasteiger partial charge in [-0.3, -0.25) is 89.4 Å². The Morgan fingerprint density at radius 2 is 0.800 bits per heavy atom. The van der Waals surface area contributed by atoms with Gasteiger partial charge in [0.25, 0.3) is 0 Å². The lowest BCUT2D eigenvalue weighted by molar-refractivity contribution is -0.142. The summed E-state index contributed by atoms with van der Waals surface area (Å²) in [5.41, 5.74) is 52.2. The molecule has 4 aromatic rings. The Hall–Kier alpha value is -15.2. The lowest BCUT2D eigenvalue weighted by Crippen LogP contribution is -2.61. The summed E-state index contributed by atoms with van der Waals surface area (Å²) in [5, 5.41) is 122. The van der Waals surface area contributed by atoms with E-state index in [9.17, 15) is 34.5 Å². The van der Waals surface area contributed by atoms with Crippen LogP contribution >= 0.6 is 21.6 Å². The zero-order chi connectivity index (χ0) is 107. The number of phenolic OH excluding ortho intramolecular Hbond substituents is 2. The molecule has 2 aliphatic heterocycles. The number of primary amides is 2. The monoisotopic (exact) mass is 2070 g/mol. The maximum absolute atomic E-state index is 16.0. The van der Waals surface area contributed by atoms with Gasteiger partial charge in [-0.2, -0.15) is 0 Å². The molecule has 45 N–H and O–H groups in total. The number of nitrogens with zero attached hydrogens (tertiary/aromatic N) is 1. The van der Waals surface area contributed by atoms with Gasteiger partial charge in [0.2, 0.25) is 76.8 Å². The van der Waals surface area contributed by atoms with Crippen LogP contribution in [0.1, 0.15) is 139 Å². The van der Waals surface area contributed by atoms with Gasteiger partial charge in [0.05, 0.1) is 6.04 Å². The van der Waals surface area contributed by atoms with Crippen LogP contribution in [-0.4, -0.2) is 300 Å². The highest BCUT2D eigenvalue weighted by atomic mass is 33.1. The molecule has 2 fully saturated rings. The zero-order valence-electron chi connectivity index (χ0n) is 80.4. The smallest absolute Gasteiger partial charge is 0.326 e. The Morgan fingerprint density at radius 3 is 1.27 bits per heavy atom. The zero-order valence-corrected chi connectivity index (χ0v) is 82.0. The third-order valence-electron chi connectivity index (χ3n) is 23.1. The number of nitrogens with two attached hydrogens (primary N) is 9. The highest BCUT2D eigenvalue weighted by Crippen LogP contribution is 2.27. The van der Waals surface area contributed by atoms with E-state index in [0.717, 1.165) is 31.9 Å². The summed E-state index contributed by atoms with van der Waals surface area (Å²) in [5.74, 6) is -19.0. The van der Waals surface area contributed by atoms with Crippen molar-refractivity contribution in [2.24, 2.45) is 51.6 Å². The third kappa shape index (κ3) is 44.5. The Morgan fingerprint density at radius 1 is 0.407 bits per heavy atom. The van der Waals surface area contributed by atoms with Gasteiger partial charge in [0, 0.05) is 83.1 Å². The van der Waals surface area contributed by atoms with E-state index in [4.69, 9.17) is 78.6 Å². The Balaban J connectivity index is 1.62. The molecular weight excluding hydrogens is 1930 g/mol. The number of carboxylic acid groups (broad SMARTS) is 1. The molecule has 14 atom stereocenters.